The molecule has 23 heavy (non-hydrogen) atoms. The highest BCUT2D eigenvalue weighted by molar-refractivity contribution is 5.93. The lowest BCUT2D eigenvalue weighted by atomic mass is 10.2. The number of methoxy groups -OCH3 is 1. The molecule has 0 atom stereocenters. The lowest BCUT2D eigenvalue weighted by molar-refractivity contribution is -0.115. The molecule has 0 bridgehead atoms. The summed E-state index contributed by atoms with van der Waals surface area (Å²) >= 11 is 0. The number of rotatable bonds is 10. The van der Waals surface area contributed by atoms with E-state index in [1.807, 2.05) is 0 Å². The maximum Gasteiger partial charge on any atom is 0.387 e. The largest absolute Gasteiger partial charge is 0.435 e. The van der Waals surface area contributed by atoms with Gasteiger partial charge in [0.25, 0.3) is 0 Å². The number of amides is 1. The summed E-state index contributed by atoms with van der Waals surface area (Å²) in [6.45, 7) is -5.57. The molecule has 6 nitrogen and oxygen atoms in total. The van der Waals surface area contributed by atoms with E-state index in [1.54, 1.807) is 0 Å². The number of benzene rings is 1. The molecule has 0 unspecified atom stereocenters. The van der Waals surface area contributed by atoms with E-state index in [2.05, 4.69) is 20.1 Å². The quantitative estimate of drug-likeness (QED) is 0.504. The molecule has 2 N–H and O–H groups in total. The van der Waals surface area contributed by atoms with Gasteiger partial charge in [-0.3, -0.25) is 4.79 Å². The number of anilines is 1. The van der Waals surface area contributed by atoms with Gasteiger partial charge < -0.3 is 24.8 Å². The fourth-order valence-corrected chi connectivity index (χ4v) is 1.55. The fraction of sp³-hybridized carbons (Fsp3) is 0.462. The molecule has 0 saturated carbocycles. The Balaban J connectivity index is 2.73. The van der Waals surface area contributed by atoms with Gasteiger partial charge in [-0.25, -0.2) is 0 Å². The summed E-state index contributed by atoms with van der Waals surface area (Å²) in [4.78, 5) is 11.7. The average Bonchev–Trinajstić information content (AvgIpc) is 2.45. The fourth-order valence-electron chi connectivity index (χ4n) is 1.55. The molecule has 0 aliphatic heterocycles. The topological polar surface area (TPSA) is 68.8 Å². The van der Waals surface area contributed by atoms with Crippen LogP contribution in [0.15, 0.2) is 18.2 Å². The van der Waals surface area contributed by atoms with Crippen LogP contribution >= 0.6 is 0 Å². The summed E-state index contributed by atoms with van der Waals surface area (Å²) in [6, 6.07) is 3.06. The van der Waals surface area contributed by atoms with Gasteiger partial charge in [-0.2, -0.15) is 17.6 Å². The molecular formula is C13H16F4N2O4. The maximum atomic E-state index is 12.4. The van der Waals surface area contributed by atoms with Gasteiger partial charge in [-0.15, -0.1) is 0 Å². The van der Waals surface area contributed by atoms with E-state index in [-0.39, 0.29) is 18.0 Å². The predicted octanol–water partition coefficient (Wildman–Crippen LogP) is 2.06. The third kappa shape index (κ3) is 7.66. The van der Waals surface area contributed by atoms with Crippen LogP contribution in [0.1, 0.15) is 0 Å². The van der Waals surface area contributed by atoms with E-state index >= 15 is 0 Å². The molecule has 0 fully saturated rings. The molecule has 1 aromatic carbocycles. The lowest BCUT2D eigenvalue weighted by Crippen LogP contribution is -2.30. The van der Waals surface area contributed by atoms with E-state index in [0.717, 1.165) is 18.2 Å². The van der Waals surface area contributed by atoms with Gasteiger partial charge >= 0.3 is 13.2 Å². The Kier molecular flexibility index (Phi) is 8.13. The highest BCUT2D eigenvalue weighted by atomic mass is 19.3. The second-order valence-corrected chi connectivity index (χ2v) is 4.13. The molecule has 0 aromatic heterocycles. The van der Waals surface area contributed by atoms with E-state index in [9.17, 15) is 22.4 Å². The van der Waals surface area contributed by atoms with Crippen LogP contribution in [-0.4, -0.2) is 45.9 Å². The van der Waals surface area contributed by atoms with Crippen molar-refractivity contribution >= 4 is 11.6 Å². The Bertz CT molecular complexity index is 503. The molecule has 0 radical (unpaired) electrons. The third-order valence-corrected chi connectivity index (χ3v) is 2.44. The van der Waals surface area contributed by atoms with Gasteiger partial charge in [0.2, 0.25) is 5.91 Å². The third-order valence-electron chi connectivity index (χ3n) is 2.44. The minimum absolute atomic E-state index is 0.0905. The minimum atomic E-state index is -3.19. The van der Waals surface area contributed by atoms with Crippen molar-refractivity contribution in [3.8, 4) is 11.5 Å². The van der Waals surface area contributed by atoms with Crippen LogP contribution in [0, 0.1) is 0 Å². The number of nitrogens with one attached hydrogen (secondary N) is 2. The Morgan fingerprint density at radius 3 is 2.48 bits per heavy atom. The monoisotopic (exact) mass is 340 g/mol. The molecule has 0 aliphatic rings. The maximum absolute atomic E-state index is 12.4. The number of carbonyl (C=O) groups excluding carboxylic acids is 1. The van der Waals surface area contributed by atoms with Crippen molar-refractivity contribution < 1.29 is 36.6 Å². The molecular weight excluding hydrogens is 324 g/mol. The lowest BCUT2D eigenvalue weighted by Gasteiger charge is -2.14. The van der Waals surface area contributed by atoms with Gasteiger partial charge in [0, 0.05) is 19.7 Å². The smallest absolute Gasteiger partial charge is 0.387 e. The van der Waals surface area contributed by atoms with Crippen LogP contribution in [0.5, 0.6) is 11.5 Å². The normalized spacial score (nSPS) is 10.9. The summed E-state index contributed by atoms with van der Waals surface area (Å²) < 4.78 is 62.1. The zero-order chi connectivity index (χ0) is 17.2. The number of alkyl halides is 4. The van der Waals surface area contributed by atoms with Crippen LogP contribution in [-0.2, 0) is 9.53 Å². The molecule has 0 heterocycles. The van der Waals surface area contributed by atoms with Gasteiger partial charge in [0.1, 0.15) is 5.75 Å². The Hall–Kier alpha value is -2.07. The zero-order valence-electron chi connectivity index (χ0n) is 12.2. The van der Waals surface area contributed by atoms with Crippen LogP contribution in [0.4, 0.5) is 23.2 Å². The van der Waals surface area contributed by atoms with Crippen molar-refractivity contribution in [2.24, 2.45) is 0 Å². The first-order valence-electron chi connectivity index (χ1n) is 6.45. The zero-order valence-corrected chi connectivity index (χ0v) is 12.2. The number of carbonyl (C=O) groups is 1. The molecule has 130 valence electrons. The van der Waals surface area contributed by atoms with Crippen LogP contribution in [0.25, 0.3) is 0 Å². The summed E-state index contributed by atoms with van der Waals surface area (Å²) in [5.74, 6) is -1.38. The predicted molar refractivity (Wildman–Crippen MR) is 73.1 cm³/mol. The van der Waals surface area contributed by atoms with E-state index in [0.29, 0.717) is 13.2 Å². The highest BCUT2D eigenvalue weighted by Crippen LogP contribution is 2.31. The minimum Gasteiger partial charge on any atom is -0.435 e. The van der Waals surface area contributed by atoms with Crippen molar-refractivity contribution in [3.63, 3.8) is 0 Å². The molecule has 1 rings (SSSR count). The molecule has 0 saturated heterocycles. The average molecular weight is 340 g/mol. The van der Waals surface area contributed by atoms with Crippen molar-refractivity contribution in [3.05, 3.63) is 18.2 Å². The summed E-state index contributed by atoms with van der Waals surface area (Å²) in [5.41, 5.74) is -0.0922. The van der Waals surface area contributed by atoms with Crippen LogP contribution < -0.4 is 20.1 Å². The first-order valence-corrected chi connectivity index (χ1v) is 6.45. The van der Waals surface area contributed by atoms with Crippen molar-refractivity contribution in [2.75, 3.05) is 32.1 Å². The second kappa shape index (κ2) is 9.85. The molecule has 10 heteroatoms. The summed E-state index contributed by atoms with van der Waals surface area (Å²) in [5, 5.41) is 5.08. The van der Waals surface area contributed by atoms with Crippen molar-refractivity contribution in [1.29, 1.82) is 0 Å². The molecule has 1 amide bonds. The number of hydrogen-bond donors (Lipinski definition) is 2. The SMILES string of the molecule is COCCNCC(=O)Nc1ccc(OC(F)F)cc1OC(F)F. The van der Waals surface area contributed by atoms with E-state index in [4.69, 9.17) is 4.74 Å². The molecule has 0 spiro atoms. The number of halogens is 4. The second-order valence-electron chi connectivity index (χ2n) is 4.13. The van der Waals surface area contributed by atoms with Gasteiger partial charge in [0.15, 0.2) is 5.75 Å². The van der Waals surface area contributed by atoms with Gasteiger partial charge in [-0.1, -0.05) is 0 Å². The first-order chi connectivity index (χ1) is 10.9. The summed E-state index contributed by atoms with van der Waals surface area (Å²) in [7, 11) is 1.50. The summed E-state index contributed by atoms with van der Waals surface area (Å²) in [6.07, 6.45) is 0. The molecule has 0 aliphatic carbocycles. The van der Waals surface area contributed by atoms with Gasteiger partial charge in [0.05, 0.1) is 18.8 Å². The van der Waals surface area contributed by atoms with Crippen molar-refractivity contribution in [2.45, 2.75) is 13.2 Å². The van der Waals surface area contributed by atoms with E-state index < -0.39 is 24.9 Å². The standard InChI is InChI=1S/C13H16F4N2O4/c1-21-5-4-18-7-11(20)19-9-3-2-8(22-12(14)15)6-10(9)23-13(16)17/h2-3,6,12-13,18H,4-5,7H2,1H3,(H,19,20). The number of hydrogen-bond acceptors (Lipinski definition) is 5. The van der Waals surface area contributed by atoms with Gasteiger partial charge in [-0.05, 0) is 12.1 Å². The van der Waals surface area contributed by atoms with Crippen LogP contribution in [0.2, 0.25) is 0 Å². The number of ether oxygens (including phenoxy) is 3. The highest BCUT2D eigenvalue weighted by Gasteiger charge is 2.15. The Labute approximate surface area is 129 Å². The van der Waals surface area contributed by atoms with Crippen molar-refractivity contribution in [1.82, 2.24) is 5.32 Å². The Morgan fingerprint density at radius 1 is 1.17 bits per heavy atom. The van der Waals surface area contributed by atoms with Crippen LogP contribution in [0.3, 0.4) is 0 Å². The molecule has 1 aromatic rings. The first kappa shape index (κ1) is 19.0. The Morgan fingerprint density at radius 2 is 1.87 bits per heavy atom. The van der Waals surface area contributed by atoms with E-state index in [1.165, 1.54) is 7.11 Å².